The molecule has 4 rings (SSSR count). The van der Waals surface area contributed by atoms with Crippen LogP contribution in [0.3, 0.4) is 0 Å². The molecule has 2 fully saturated rings. The Morgan fingerprint density at radius 2 is 1.61 bits per heavy atom. The third-order valence-corrected chi connectivity index (χ3v) is 6.57. The molecule has 0 aliphatic carbocycles. The van der Waals surface area contributed by atoms with Gasteiger partial charge in [0.15, 0.2) is 11.5 Å². The fourth-order valence-corrected chi connectivity index (χ4v) is 4.76. The maximum Gasteiger partial charge on any atom is 0.295 e. The van der Waals surface area contributed by atoms with E-state index in [1.807, 2.05) is 6.07 Å². The number of ether oxygens (including phenoxy) is 4. The number of amides is 1. The molecule has 1 N–H and O–H groups in total. The number of morpholine rings is 1. The summed E-state index contributed by atoms with van der Waals surface area (Å²) in [4.78, 5) is 30.3. The van der Waals surface area contributed by atoms with Crippen molar-refractivity contribution in [2.75, 3.05) is 60.7 Å². The summed E-state index contributed by atoms with van der Waals surface area (Å²) in [5.74, 6) is -0.398. The van der Waals surface area contributed by atoms with E-state index >= 15 is 0 Å². The molecule has 2 saturated heterocycles. The number of Topliss-reactive ketones (excluding diaryl/α,β-unsaturated/α-hetero) is 1. The lowest BCUT2D eigenvalue weighted by atomic mass is 9.94. The maximum absolute atomic E-state index is 13.3. The second kappa shape index (κ2) is 11.5. The molecule has 9 heteroatoms. The summed E-state index contributed by atoms with van der Waals surface area (Å²) in [5.41, 5.74) is 1.07. The van der Waals surface area contributed by atoms with E-state index in [0.29, 0.717) is 54.6 Å². The highest BCUT2D eigenvalue weighted by Gasteiger charge is 2.46. The predicted octanol–water partition coefficient (Wildman–Crippen LogP) is 2.86. The number of rotatable bonds is 9. The molecule has 2 aromatic rings. The molecule has 0 saturated carbocycles. The molecule has 2 aromatic carbocycles. The summed E-state index contributed by atoms with van der Waals surface area (Å²) >= 11 is 0. The smallest absolute Gasteiger partial charge is 0.295 e. The van der Waals surface area contributed by atoms with Gasteiger partial charge in [-0.05, 0) is 24.1 Å². The summed E-state index contributed by atoms with van der Waals surface area (Å²) in [6, 6.07) is 11.4. The Balaban J connectivity index is 1.76. The molecule has 0 bridgehead atoms. The zero-order valence-corrected chi connectivity index (χ0v) is 20.9. The number of aliphatic hydroxyl groups is 1. The summed E-state index contributed by atoms with van der Waals surface area (Å²) in [6.07, 6.45) is 0.666. The lowest BCUT2D eigenvalue weighted by Gasteiger charge is -2.29. The van der Waals surface area contributed by atoms with E-state index in [1.165, 1.54) is 26.2 Å². The van der Waals surface area contributed by atoms with Gasteiger partial charge in [-0.15, -0.1) is 0 Å². The van der Waals surface area contributed by atoms with Gasteiger partial charge >= 0.3 is 0 Å². The minimum atomic E-state index is -0.816. The molecule has 192 valence electrons. The van der Waals surface area contributed by atoms with Crippen molar-refractivity contribution in [1.29, 1.82) is 0 Å². The molecule has 36 heavy (non-hydrogen) atoms. The number of carbonyl (C=O) groups is 2. The maximum atomic E-state index is 13.3. The standard InChI is InChI=1S/C27H32N2O7/c1-33-20-16-19(17-21(34-2)26(20)35-3)23-22(24(30)18-8-5-4-6-9-18)25(31)27(32)29(23)11-7-10-28-12-14-36-15-13-28/h4-6,8-9,16-17,23,30H,7,10-15H2,1-3H3/b24-22-. The van der Waals surface area contributed by atoms with Gasteiger partial charge in [-0.1, -0.05) is 30.3 Å². The van der Waals surface area contributed by atoms with Crippen LogP contribution in [0, 0.1) is 0 Å². The van der Waals surface area contributed by atoms with E-state index in [9.17, 15) is 14.7 Å². The van der Waals surface area contributed by atoms with E-state index in [4.69, 9.17) is 18.9 Å². The van der Waals surface area contributed by atoms with Gasteiger partial charge in [0.25, 0.3) is 11.7 Å². The van der Waals surface area contributed by atoms with Gasteiger partial charge in [0.05, 0.1) is 46.2 Å². The predicted molar refractivity (Wildman–Crippen MR) is 133 cm³/mol. The van der Waals surface area contributed by atoms with Crippen molar-refractivity contribution in [1.82, 2.24) is 9.80 Å². The van der Waals surface area contributed by atoms with E-state index < -0.39 is 17.7 Å². The lowest BCUT2D eigenvalue weighted by molar-refractivity contribution is -0.140. The molecule has 2 aliphatic rings. The fraction of sp³-hybridized carbons (Fsp3) is 0.407. The number of methoxy groups -OCH3 is 3. The number of aliphatic hydroxyl groups excluding tert-OH is 1. The van der Waals surface area contributed by atoms with Gasteiger partial charge in [0.1, 0.15) is 5.76 Å². The Labute approximate surface area is 210 Å². The van der Waals surface area contributed by atoms with Crippen LogP contribution in [0.15, 0.2) is 48.0 Å². The van der Waals surface area contributed by atoms with Crippen LogP contribution < -0.4 is 14.2 Å². The molecule has 1 amide bonds. The first-order valence-corrected chi connectivity index (χ1v) is 11.9. The normalized spacial score (nSPS) is 20.0. The molecule has 0 spiro atoms. The molecule has 2 heterocycles. The van der Waals surface area contributed by atoms with E-state index in [1.54, 1.807) is 36.4 Å². The number of likely N-dealkylation sites (tertiary alicyclic amines) is 1. The highest BCUT2D eigenvalue weighted by atomic mass is 16.5. The van der Waals surface area contributed by atoms with Crippen molar-refractivity contribution in [3.05, 3.63) is 59.2 Å². The van der Waals surface area contributed by atoms with Gasteiger partial charge < -0.3 is 29.0 Å². The Bertz CT molecular complexity index is 1100. The molecular weight excluding hydrogens is 464 g/mol. The van der Waals surface area contributed by atoms with Crippen molar-refractivity contribution in [3.8, 4) is 17.2 Å². The number of hydrogen-bond donors (Lipinski definition) is 1. The SMILES string of the molecule is COc1cc(C2/C(=C(/O)c3ccccc3)C(=O)C(=O)N2CCCN2CCOCC2)cc(OC)c1OC. The first-order valence-electron chi connectivity index (χ1n) is 11.9. The zero-order chi connectivity index (χ0) is 25.7. The molecular formula is C27H32N2O7. The molecule has 1 unspecified atom stereocenters. The number of carbonyl (C=O) groups excluding carboxylic acids is 2. The largest absolute Gasteiger partial charge is 0.507 e. The van der Waals surface area contributed by atoms with Gasteiger partial charge in [0.2, 0.25) is 5.75 Å². The van der Waals surface area contributed by atoms with E-state index in [-0.39, 0.29) is 11.3 Å². The highest BCUT2D eigenvalue weighted by molar-refractivity contribution is 6.46. The first-order chi connectivity index (χ1) is 17.5. The summed E-state index contributed by atoms with van der Waals surface area (Å²) in [7, 11) is 4.52. The summed E-state index contributed by atoms with van der Waals surface area (Å²) < 4.78 is 21.9. The van der Waals surface area contributed by atoms with Crippen LogP contribution in [0.5, 0.6) is 17.2 Å². The van der Waals surface area contributed by atoms with Gasteiger partial charge in [-0.25, -0.2) is 0 Å². The molecule has 0 aromatic heterocycles. The van der Waals surface area contributed by atoms with Crippen LogP contribution >= 0.6 is 0 Å². The Hall–Kier alpha value is -3.56. The van der Waals surface area contributed by atoms with Crippen molar-refractivity contribution >= 4 is 17.4 Å². The average molecular weight is 497 g/mol. The van der Waals surface area contributed by atoms with Crippen LogP contribution in [0.1, 0.15) is 23.6 Å². The van der Waals surface area contributed by atoms with Gasteiger partial charge in [0, 0.05) is 31.7 Å². The van der Waals surface area contributed by atoms with Crippen LogP contribution in [0.25, 0.3) is 5.76 Å². The average Bonchev–Trinajstić information content (AvgIpc) is 3.17. The van der Waals surface area contributed by atoms with Crippen molar-refractivity contribution in [2.24, 2.45) is 0 Å². The molecule has 2 aliphatic heterocycles. The van der Waals surface area contributed by atoms with Crippen LogP contribution in [-0.4, -0.2) is 87.3 Å². The Morgan fingerprint density at radius 1 is 0.972 bits per heavy atom. The summed E-state index contributed by atoms with van der Waals surface area (Å²) in [6.45, 7) is 4.16. The number of ketones is 1. The van der Waals surface area contributed by atoms with Crippen LogP contribution in [0.2, 0.25) is 0 Å². The first kappa shape index (κ1) is 25.5. The monoisotopic (exact) mass is 496 g/mol. The van der Waals surface area contributed by atoms with Crippen molar-refractivity contribution in [3.63, 3.8) is 0 Å². The minimum Gasteiger partial charge on any atom is -0.507 e. The number of nitrogens with zero attached hydrogens (tertiary/aromatic N) is 2. The molecule has 0 radical (unpaired) electrons. The quantitative estimate of drug-likeness (QED) is 0.322. The Morgan fingerprint density at radius 3 is 2.19 bits per heavy atom. The zero-order valence-electron chi connectivity index (χ0n) is 20.9. The van der Waals surface area contributed by atoms with E-state index in [0.717, 1.165) is 19.6 Å². The molecule has 9 nitrogen and oxygen atoms in total. The third kappa shape index (κ3) is 5.03. The lowest BCUT2D eigenvalue weighted by Crippen LogP contribution is -2.39. The summed E-state index contributed by atoms with van der Waals surface area (Å²) in [5, 5.41) is 11.2. The molecule has 1 atom stereocenters. The number of hydrogen-bond acceptors (Lipinski definition) is 8. The topological polar surface area (TPSA) is 97.8 Å². The second-order valence-electron chi connectivity index (χ2n) is 8.62. The van der Waals surface area contributed by atoms with Crippen molar-refractivity contribution < 1.29 is 33.6 Å². The second-order valence-corrected chi connectivity index (χ2v) is 8.62. The number of benzene rings is 2. The van der Waals surface area contributed by atoms with Crippen LogP contribution in [-0.2, 0) is 14.3 Å². The van der Waals surface area contributed by atoms with E-state index in [2.05, 4.69) is 4.90 Å². The highest BCUT2D eigenvalue weighted by Crippen LogP contribution is 2.45. The van der Waals surface area contributed by atoms with Crippen LogP contribution in [0.4, 0.5) is 0 Å². The third-order valence-electron chi connectivity index (χ3n) is 6.57. The minimum absolute atomic E-state index is 0.0341. The fourth-order valence-electron chi connectivity index (χ4n) is 4.76. The van der Waals surface area contributed by atoms with Crippen molar-refractivity contribution in [2.45, 2.75) is 12.5 Å². The van der Waals surface area contributed by atoms with Gasteiger partial charge in [-0.3, -0.25) is 14.5 Å². The Kier molecular flexibility index (Phi) is 8.12. The van der Waals surface area contributed by atoms with Gasteiger partial charge in [-0.2, -0.15) is 0 Å².